The van der Waals surface area contributed by atoms with Crippen LogP contribution in [-0.4, -0.2) is 33.9 Å². The van der Waals surface area contributed by atoms with E-state index in [4.69, 9.17) is 11.6 Å². The van der Waals surface area contributed by atoms with E-state index in [1.807, 2.05) is 30.3 Å². The van der Waals surface area contributed by atoms with Crippen molar-refractivity contribution in [3.8, 4) is 6.07 Å². The van der Waals surface area contributed by atoms with Crippen LogP contribution in [0.15, 0.2) is 95.5 Å². The summed E-state index contributed by atoms with van der Waals surface area (Å²) in [5.74, 6) is 0.861. The van der Waals surface area contributed by atoms with E-state index in [2.05, 4.69) is 75.4 Å². The van der Waals surface area contributed by atoms with Crippen LogP contribution in [0.5, 0.6) is 0 Å². The third-order valence-electron chi connectivity index (χ3n) is 6.06. The number of fused-ring (bicyclic) bond motifs is 1. The van der Waals surface area contributed by atoms with Crippen LogP contribution in [0, 0.1) is 11.3 Å². The molecule has 5 rings (SSSR count). The molecule has 0 spiro atoms. The topological polar surface area (TPSA) is 33.5 Å². The zero-order valence-electron chi connectivity index (χ0n) is 18.3. The number of nitriles is 1. The van der Waals surface area contributed by atoms with Gasteiger partial charge in [0.1, 0.15) is 0 Å². The molecule has 0 aromatic heterocycles. The van der Waals surface area contributed by atoms with Crippen molar-refractivity contribution in [3.05, 3.63) is 117 Å². The summed E-state index contributed by atoms with van der Waals surface area (Å²) < 4.78 is 0. The Kier molecular flexibility index (Phi) is 6.70. The van der Waals surface area contributed by atoms with Crippen LogP contribution in [0.3, 0.4) is 0 Å². The molecule has 0 amide bonds. The van der Waals surface area contributed by atoms with Gasteiger partial charge in [-0.25, -0.2) is 0 Å². The van der Waals surface area contributed by atoms with Crippen molar-refractivity contribution in [1.29, 1.82) is 5.26 Å². The van der Waals surface area contributed by atoms with Crippen LogP contribution in [0.25, 0.3) is 0 Å². The SMILES string of the molecule is N#CC1=C2SCN(Cc3ccccc3)CN2CN(Cc2ccccc2)[C@@H]1c1ccccc1Cl. The maximum absolute atomic E-state index is 10.3. The Morgan fingerprint density at radius 3 is 2.15 bits per heavy atom. The second-order valence-corrected chi connectivity index (χ2v) is 9.74. The fraction of sp³-hybridized carbons (Fsp3) is 0.222. The van der Waals surface area contributed by atoms with Gasteiger partial charge in [-0.1, -0.05) is 102 Å². The number of rotatable bonds is 5. The van der Waals surface area contributed by atoms with Crippen LogP contribution in [0.2, 0.25) is 5.02 Å². The maximum Gasteiger partial charge on any atom is 0.0995 e. The molecule has 33 heavy (non-hydrogen) atoms. The fourth-order valence-electron chi connectivity index (χ4n) is 4.60. The summed E-state index contributed by atoms with van der Waals surface area (Å²) in [4.78, 5) is 7.13. The quantitative estimate of drug-likeness (QED) is 0.451. The highest BCUT2D eigenvalue weighted by Crippen LogP contribution is 2.44. The van der Waals surface area contributed by atoms with Crippen LogP contribution >= 0.6 is 23.4 Å². The first-order chi connectivity index (χ1) is 16.2. The first-order valence-corrected chi connectivity index (χ1v) is 12.4. The van der Waals surface area contributed by atoms with Gasteiger partial charge in [0.25, 0.3) is 0 Å². The number of nitrogens with zero attached hydrogens (tertiary/aromatic N) is 4. The number of thioether (sulfide) groups is 1. The molecule has 0 bridgehead atoms. The molecular weight excluding hydrogens is 448 g/mol. The van der Waals surface area contributed by atoms with Gasteiger partial charge in [-0.2, -0.15) is 5.26 Å². The van der Waals surface area contributed by atoms with Crippen molar-refractivity contribution in [1.82, 2.24) is 14.7 Å². The smallest absolute Gasteiger partial charge is 0.0995 e. The molecule has 0 unspecified atom stereocenters. The average molecular weight is 473 g/mol. The third-order valence-corrected chi connectivity index (χ3v) is 7.65. The predicted octanol–water partition coefficient (Wildman–Crippen LogP) is 6.06. The summed E-state index contributed by atoms with van der Waals surface area (Å²) in [6.07, 6.45) is 0. The molecule has 0 N–H and O–H groups in total. The van der Waals surface area contributed by atoms with E-state index >= 15 is 0 Å². The lowest BCUT2D eigenvalue weighted by Crippen LogP contribution is -2.50. The Morgan fingerprint density at radius 1 is 0.848 bits per heavy atom. The second-order valence-electron chi connectivity index (χ2n) is 8.40. The molecule has 166 valence electrons. The number of hydrogen-bond acceptors (Lipinski definition) is 5. The summed E-state index contributed by atoms with van der Waals surface area (Å²) in [6.45, 7) is 3.17. The Labute approximate surface area is 204 Å². The molecule has 3 aromatic carbocycles. The van der Waals surface area contributed by atoms with Crippen LogP contribution in [-0.2, 0) is 13.1 Å². The van der Waals surface area contributed by atoms with E-state index < -0.39 is 0 Å². The van der Waals surface area contributed by atoms with E-state index in [9.17, 15) is 5.26 Å². The minimum Gasteiger partial charge on any atom is -0.339 e. The van der Waals surface area contributed by atoms with E-state index in [0.717, 1.165) is 48.5 Å². The molecule has 2 aliphatic rings. The van der Waals surface area contributed by atoms with E-state index in [1.165, 1.54) is 11.1 Å². The van der Waals surface area contributed by atoms with Crippen LogP contribution in [0.1, 0.15) is 22.7 Å². The summed E-state index contributed by atoms with van der Waals surface area (Å²) in [5, 5.41) is 12.1. The van der Waals surface area contributed by atoms with Crippen LogP contribution in [0.4, 0.5) is 0 Å². The maximum atomic E-state index is 10.3. The lowest BCUT2D eigenvalue weighted by atomic mass is 9.96. The minimum absolute atomic E-state index is 0.164. The molecule has 2 heterocycles. The monoisotopic (exact) mass is 472 g/mol. The predicted molar refractivity (Wildman–Crippen MR) is 135 cm³/mol. The molecule has 0 aliphatic carbocycles. The van der Waals surface area contributed by atoms with Crippen molar-refractivity contribution >= 4 is 23.4 Å². The number of halogens is 1. The standard InChI is InChI=1S/C27H25ClN4S/c28-25-14-8-7-13-23(25)26-24(15-29)27-32(19-31(26)17-22-11-5-2-6-12-22)18-30(20-33-27)16-21-9-3-1-4-10-21/h1-14,26H,16-20H2/t26-/m1/s1. The lowest BCUT2D eigenvalue weighted by molar-refractivity contribution is 0.0630. The Hall–Kier alpha value is -2.75. The van der Waals surface area contributed by atoms with Crippen LogP contribution < -0.4 is 0 Å². The second kappa shape index (κ2) is 10.0. The number of benzene rings is 3. The summed E-state index contributed by atoms with van der Waals surface area (Å²) >= 11 is 8.41. The zero-order chi connectivity index (χ0) is 22.6. The van der Waals surface area contributed by atoms with Gasteiger partial charge in [0.2, 0.25) is 0 Å². The van der Waals surface area contributed by atoms with E-state index in [0.29, 0.717) is 5.02 Å². The fourth-order valence-corrected chi connectivity index (χ4v) is 5.93. The van der Waals surface area contributed by atoms with Gasteiger partial charge in [-0.15, -0.1) is 0 Å². The van der Waals surface area contributed by atoms with Crippen molar-refractivity contribution in [2.24, 2.45) is 0 Å². The lowest BCUT2D eigenvalue weighted by Gasteiger charge is -2.47. The van der Waals surface area contributed by atoms with Gasteiger partial charge in [0, 0.05) is 18.1 Å². The highest BCUT2D eigenvalue weighted by molar-refractivity contribution is 8.03. The highest BCUT2D eigenvalue weighted by Gasteiger charge is 2.38. The average Bonchev–Trinajstić information content (AvgIpc) is 2.85. The number of hydrogen-bond donors (Lipinski definition) is 0. The largest absolute Gasteiger partial charge is 0.339 e. The van der Waals surface area contributed by atoms with Gasteiger partial charge < -0.3 is 4.90 Å². The highest BCUT2D eigenvalue weighted by atomic mass is 35.5. The molecule has 6 heteroatoms. The summed E-state index contributed by atoms with van der Waals surface area (Å²) in [7, 11) is 0. The van der Waals surface area contributed by atoms with E-state index in [1.54, 1.807) is 11.8 Å². The van der Waals surface area contributed by atoms with Gasteiger partial charge in [0.05, 0.1) is 41.9 Å². The van der Waals surface area contributed by atoms with Gasteiger partial charge >= 0.3 is 0 Å². The summed E-state index contributed by atoms with van der Waals surface area (Å²) in [6, 6.07) is 31.3. The molecule has 3 aromatic rings. The molecule has 1 atom stereocenters. The molecule has 2 aliphatic heterocycles. The molecule has 0 radical (unpaired) electrons. The molecule has 1 fully saturated rings. The Morgan fingerprint density at radius 2 is 1.48 bits per heavy atom. The Balaban J connectivity index is 1.48. The minimum atomic E-state index is -0.164. The van der Waals surface area contributed by atoms with Crippen molar-refractivity contribution < 1.29 is 0 Å². The normalized spacial score (nSPS) is 19.3. The van der Waals surface area contributed by atoms with Crippen molar-refractivity contribution in [3.63, 3.8) is 0 Å². The van der Waals surface area contributed by atoms with Crippen molar-refractivity contribution in [2.75, 3.05) is 19.2 Å². The Bertz CT molecular complexity index is 1180. The molecule has 0 saturated carbocycles. The van der Waals surface area contributed by atoms with Crippen molar-refractivity contribution in [2.45, 2.75) is 19.1 Å². The summed E-state index contributed by atoms with van der Waals surface area (Å²) in [5.41, 5.74) is 4.31. The van der Waals surface area contributed by atoms with Gasteiger partial charge in [0.15, 0.2) is 0 Å². The first-order valence-electron chi connectivity index (χ1n) is 11.0. The first kappa shape index (κ1) is 22.1. The zero-order valence-corrected chi connectivity index (χ0v) is 19.8. The molecule has 4 nitrogen and oxygen atoms in total. The molecular formula is C27H25ClN4S. The third kappa shape index (κ3) is 4.80. The van der Waals surface area contributed by atoms with Gasteiger partial charge in [-0.3, -0.25) is 9.80 Å². The van der Waals surface area contributed by atoms with Gasteiger partial charge in [-0.05, 0) is 22.8 Å². The van der Waals surface area contributed by atoms with E-state index in [-0.39, 0.29) is 6.04 Å². The molecule has 1 saturated heterocycles.